The Morgan fingerprint density at radius 1 is 1.17 bits per heavy atom. The predicted octanol–water partition coefficient (Wildman–Crippen LogP) is 4.56. The summed E-state index contributed by atoms with van der Waals surface area (Å²) in [6, 6.07) is 12.4. The number of hydrogen-bond acceptors (Lipinski definition) is 2. The number of methoxy groups -OCH3 is 1. The van der Waals surface area contributed by atoms with Crippen LogP contribution in [0.5, 0.6) is 5.75 Å². The van der Waals surface area contributed by atoms with E-state index in [1.165, 1.54) is 0 Å². The number of nitrogens with one attached hydrogen (secondary N) is 2. The van der Waals surface area contributed by atoms with Gasteiger partial charge in [-0.15, -0.1) is 0 Å². The Morgan fingerprint density at radius 3 is 2.65 bits per heavy atom. The van der Waals surface area contributed by atoms with E-state index in [4.69, 9.17) is 27.9 Å². The topological polar surface area (TPSA) is 50.4 Å². The van der Waals surface area contributed by atoms with E-state index in [0.29, 0.717) is 16.6 Å². The Morgan fingerprint density at radius 2 is 1.96 bits per heavy atom. The third-order valence-corrected chi connectivity index (χ3v) is 4.12. The van der Waals surface area contributed by atoms with Gasteiger partial charge in [-0.2, -0.15) is 0 Å². The monoisotopic (exact) mass is 352 g/mol. The molecule has 0 radical (unpaired) electrons. The van der Waals surface area contributed by atoms with Crippen LogP contribution in [0.15, 0.2) is 42.5 Å². The van der Waals surface area contributed by atoms with Crippen LogP contribution in [-0.2, 0) is 6.54 Å². The number of halogens is 2. The van der Waals surface area contributed by atoms with E-state index in [0.717, 1.165) is 16.9 Å². The number of ether oxygens (including phenoxy) is 1. The van der Waals surface area contributed by atoms with Crippen molar-refractivity contribution in [3.8, 4) is 5.75 Å². The Hall–Kier alpha value is -1.91. The lowest BCUT2D eigenvalue weighted by molar-refractivity contribution is 0.237. The van der Waals surface area contributed by atoms with Crippen molar-refractivity contribution in [3.63, 3.8) is 0 Å². The molecular weight excluding hydrogens is 335 g/mol. The molecule has 2 aromatic rings. The van der Waals surface area contributed by atoms with Gasteiger partial charge in [-0.3, -0.25) is 0 Å². The maximum Gasteiger partial charge on any atom is 0.315 e. The van der Waals surface area contributed by atoms with Gasteiger partial charge in [0.1, 0.15) is 5.75 Å². The van der Waals surface area contributed by atoms with Gasteiger partial charge in [0.05, 0.1) is 23.2 Å². The summed E-state index contributed by atoms with van der Waals surface area (Å²) >= 11 is 11.9. The molecule has 0 heterocycles. The first kappa shape index (κ1) is 17.4. The standard InChI is InChI=1S/C17H18Cl2N2O2/c1-11(13-6-7-15(18)16(19)9-13)21-17(22)20-10-12-4-3-5-14(8-12)23-2/h3-9,11H,10H2,1-2H3,(H2,20,21,22). The zero-order valence-electron chi connectivity index (χ0n) is 12.9. The summed E-state index contributed by atoms with van der Waals surface area (Å²) in [6.07, 6.45) is 0. The molecule has 0 saturated heterocycles. The van der Waals surface area contributed by atoms with Gasteiger partial charge in [0.25, 0.3) is 0 Å². The van der Waals surface area contributed by atoms with Crippen LogP contribution in [0.4, 0.5) is 4.79 Å². The zero-order valence-corrected chi connectivity index (χ0v) is 14.4. The summed E-state index contributed by atoms with van der Waals surface area (Å²) in [5.74, 6) is 0.758. The molecular formula is C17H18Cl2N2O2. The van der Waals surface area contributed by atoms with Crippen molar-refractivity contribution in [2.24, 2.45) is 0 Å². The van der Waals surface area contributed by atoms with E-state index >= 15 is 0 Å². The van der Waals surface area contributed by atoms with Crippen molar-refractivity contribution in [1.82, 2.24) is 10.6 Å². The second-order valence-corrected chi connectivity index (χ2v) is 5.89. The molecule has 2 aromatic carbocycles. The molecule has 0 saturated carbocycles. The van der Waals surface area contributed by atoms with Crippen molar-refractivity contribution < 1.29 is 9.53 Å². The van der Waals surface area contributed by atoms with Gasteiger partial charge in [-0.1, -0.05) is 41.4 Å². The van der Waals surface area contributed by atoms with Crippen LogP contribution in [0.1, 0.15) is 24.1 Å². The van der Waals surface area contributed by atoms with Crippen molar-refractivity contribution >= 4 is 29.2 Å². The fraction of sp³-hybridized carbons (Fsp3) is 0.235. The van der Waals surface area contributed by atoms with Gasteiger partial charge >= 0.3 is 6.03 Å². The minimum absolute atomic E-state index is 0.185. The number of rotatable bonds is 5. The first-order valence-corrected chi connectivity index (χ1v) is 7.87. The average molecular weight is 353 g/mol. The highest BCUT2D eigenvalue weighted by Gasteiger charge is 2.11. The lowest BCUT2D eigenvalue weighted by atomic mass is 10.1. The third-order valence-electron chi connectivity index (χ3n) is 3.38. The molecule has 2 N–H and O–H groups in total. The quantitative estimate of drug-likeness (QED) is 0.828. The summed E-state index contributed by atoms with van der Waals surface area (Å²) in [6.45, 7) is 2.29. The highest BCUT2D eigenvalue weighted by molar-refractivity contribution is 6.42. The van der Waals surface area contributed by atoms with Crippen molar-refractivity contribution in [2.45, 2.75) is 19.5 Å². The van der Waals surface area contributed by atoms with Crippen LogP contribution in [0.2, 0.25) is 10.0 Å². The summed E-state index contributed by atoms with van der Waals surface area (Å²) in [5.41, 5.74) is 1.85. The number of hydrogen-bond donors (Lipinski definition) is 2. The van der Waals surface area contributed by atoms with Gasteiger partial charge < -0.3 is 15.4 Å². The number of urea groups is 1. The molecule has 6 heteroatoms. The molecule has 0 fully saturated rings. The van der Waals surface area contributed by atoms with Crippen LogP contribution < -0.4 is 15.4 Å². The number of benzene rings is 2. The van der Waals surface area contributed by atoms with Gasteiger partial charge in [-0.25, -0.2) is 4.79 Å². The van der Waals surface area contributed by atoms with Crippen LogP contribution in [0, 0.1) is 0 Å². The number of carbonyl (C=O) groups excluding carboxylic acids is 1. The largest absolute Gasteiger partial charge is 0.497 e. The molecule has 23 heavy (non-hydrogen) atoms. The predicted molar refractivity (Wildman–Crippen MR) is 93.2 cm³/mol. The molecule has 2 rings (SSSR count). The number of amides is 2. The Labute approximate surface area is 145 Å². The van der Waals surface area contributed by atoms with Gasteiger partial charge in [0, 0.05) is 6.54 Å². The van der Waals surface area contributed by atoms with Gasteiger partial charge in [0.15, 0.2) is 0 Å². The number of carbonyl (C=O) groups is 1. The summed E-state index contributed by atoms with van der Waals surface area (Å²) < 4.78 is 5.15. The van der Waals surface area contributed by atoms with Crippen LogP contribution in [0.3, 0.4) is 0 Å². The van der Waals surface area contributed by atoms with E-state index in [-0.39, 0.29) is 12.1 Å². The van der Waals surface area contributed by atoms with Gasteiger partial charge in [0.2, 0.25) is 0 Å². The van der Waals surface area contributed by atoms with E-state index in [9.17, 15) is 4.79 Å². The molecule has 122 valence electrons. The Kier molecular flexibility index (Phi) is 6.13. The highest BCUT2D eigenvalue weighted by Crippen LogP contribution is 2.25. The molecule has 0 bridgehead atoms. The van der Waals surface area contributed by atoms with Crippen LogP contribution in [0.25, 0.3) is 0 Å². The third kappa shape index (κ3) is 5.05. The second kappa shape index (κ2) is 8.09. The first-order valence-electron chi connectivity index (χ1n) is 7.12. The first-order chi connectivity index (χ1) is 11.0. The molecule has 2 amide bonds. The molecule has 1 atom stereocenters. The Bertz CT molecular complexity index is 692. The second-order valence-electron chi connectivity index (χ2n) is 5.07. The average Bonchev–Trinajstić information content (AvgIpc) is 2.55. The molecule has 1 unspecified atom stereocenters. The van der Waals surface area contributed by atoms with Crippen LogP contribution >= 0.6 is 23.2 Å². The van der Waals surface area contributed by atoms with E-state index in [1.807, 2.05) is 37.3 Å². The molecule has 0 aromatic heterocycles. The lowest BCUT2D eigenvalue weighted by Gasteiger charge is -2.16. The summed E-state index contributed by atoms with van der Waals surface area (Å²) in [5, 5.41) is 6.63. The molecule has 0 aliphatic carbocycles. The minimum atomic E-state index is -0.258. The smallest absolute Gasteiger partial charge is 0.315 e. The molecule has 0 aliphatic rings. The van der Waals surface area contributed by atoms with E-state index in [2.05, 4.69) is 10.6 Å². The van der Waals surface area contributed by atoms with Crippen molar-refractivity contribution in [1.29, 1.82) is 0 Å². The van der Waals surface area contributed by atoms with Gasteiger partial charge in [-0.05, 0) is 42.3 Å². The lowest BCUT2D eigenvalue weighted by Crippen LogP contribution is -2.36. The molecule has 0 aliphatic heterocycles. The van der Waals surface area contributed by atoms with Crippen LogP contribution in [-0.4, -0.2) is 13.1 Å². The maximum absolute atomic E-state index is 12.0. The summed E-state index contributed by atoms with van der Waals surface area (Å²) in [7, 11) is 1.61. The highest BCUT2D eigenvalue weighted by atomic mass is 35.5. The molecule has 4 nitrogen and oxygen atoms in total. The Balaban J connectivity index is 1.89. The SMILES string of the molecule is COc1cccc(CNC(=O)NC(C)c2ccc(Cl)c(Cl)c2)c1. The summed E-state index contributed by atoms with van der Waals surface area (Å²) in [4.78, 5) is 12.0. The normalized spacial score (nSPS) is 11.7. The van der Waals surface area contributed by atoms with Crippen molar-refractivity contribution in [2.75, 3.05) is 7.11 Å². The fourth-order valence-electron chi connectivity index (χ4n) is 2.08. The molecule has 0 spiro atoms. The fourth-order valence-corrected chi connectivity index (χ4v) is 2.38. The van der Waals surface area contributed by atoms with E-state index in [1.54, 1.807) is 19.2 Å². The minimum Gasteiger partial charge on any atom is -0.497 e. The zero-order chi connectivity index (χ0) is 16.8. The maximum atomic E-state index is 12.0. The van der Waals surface area contributed by atoms with E-state index < -0.39 is 0 Å². The van der Waals surface area contributed by atoms with Crippen molar-refractivity contribution in [3.05, 3.63) is 63.6 Å².